The normalized spacial score (nSPS) is 16.7. The Balaban J connectivity index is 1.36. The van der Waals surface area contributed by atoms with Crippen molar-refractivity contribution in [1.29, 1.82) is 0 Å². The molecule has 2 heterocycles. The van der Waals surface area contributed by atoms with Gasteiger partial charge in [-0.05, 0) is 25.1 Å². The number of hydrogen-bond donors (Lipinski definition) is 1. The van der Waals surface area contributed by atoms with Crippen LogP contribution in [-0.2, 0) is 16.1 Å². The number of likely N-dealkylation sites (N-methyl/N-ethyl adjacent to an activating group) is 1. The fourth-order valence-corrected chi connectivity index (χ4v) is 4.54. The minimum atomic E-state index is 0.00814. The van der Waals surface area contributed by atoms with Crippen molar-refractivity contribution >= 4 is 5.91 Å². The molecule has 0 spiro atoms. The lowest BCUT2D eigenvalue weighted by Crippen LogP contribution is -2.49. The van der Waals surface area contributed by atoms with Crippen molar-refractivity contribution in [3.63, 3.8) is 0 Å². The van der Waals surface area contributed by atoms with E-state index in [9.17, 15) is 4.79 Å². The molecule has 1 N–H and O–H groups in total. The summed E-state index contributed by atoms with van der Waals surface area (Å²) in [4.78, 5) is 17.1. The van der Waals surface area contributed by atoms with Crippen LogP contribution in [0.15, 0.2) is 66.9 Å². The summed E-state index contributed by atoms with van der Waals surface area (Å²) < 4.78 is 7.78. The van der Waals surface area contributed by atoms with Crippen molar-refractivity contribution < 1.29 is 9.53 Å². The zero-order valence-electron chi connectivity index (χ0n) is 21.1. The van der Waals surface area contributed by atoms with Crippen LogP contribution in [-0.4, -0.2) is 78.0 Å². The van der Waals surface area contributed by atoms with Crippen LogP contribution in [0.5, 0.6) is 0 Å². The van der Waals surface area contributed by atoms with E-state index in [0.717, 1.165) is 48.7 Å². The van der Waals surface area contributed by atoms with E-state index in [1.165, 1.54) is 0 Å². The van der Waals surface area contributed by atoms with Crippen LogP contribution in [0, 0.1) is 5.92 Å². The van der Waals surface area contributed by atoms with E-state index in [4.69, 9.17) is 9.84 Å². The summed E-state index contributed by atoms with van der Waals surface area (Å²) in [5.41, 5.74) is 4.09. The van der Waals surface area contributed by atoms with Gasteiger partial charge >= 0.3 is 0 Å². The lowest BCUT2D eigenvalue weighted by atomic mass is 10.1. The van der Waals surface area contributed by atoms with Crippen molar-refractivity contribution in [2.45, 2.75) is 26.5 Å². The molecule has 2 aromatic carbocycles. The SMILES string of the molecule is CC(C)CN1CCOC(CNC(=O)CN(C)Cc2cn(-c3ccccc3)nc2-c2ccccc2)C1. The molecule has 1 unspecified atom stereocenters. The van der Waals surface area contributed by atoms with Gasteiger partial charge in [-0.1, -0.05) is 62.4 Å². The Morgan fingerprint density at radius 1 is 1.14 bits per heavy atom. The van der Waals surface area contributed by atoms with Gasteiger partial charge in [0, 0.05) is 50.0 Å². The molecular weight excluding hydrogens is 438 g/mol. The summed E-state index contributed by atoms with van der Waals surface area (Å²) in [6, 6.07) is 20.3. The van der Waals surface area contributed by atoms with Gasteiger partial charge in [0.2, 0.25) is 5.91 Å². The van der Waals surface area contributed by atoms with Crippen molar-refractivity contribution in [2.75, 3.05) is 46.4 Å². The summed E-state index contributed by atoms with van der Waals surface area (Å²) in [5.74, 6) is 0.637. The summed E-state index contributed by atoms with van der Waals surface area (Å²) in [6.45, 7) is 9.56. The standard InChI is InChI=1S/C28H37N5O2/c1-22(2)17-32-14-15-35-26(20-32)16-29-27(34)21-31(3)18-24-19-33(25-12-8-5-9-13-25)30-28(24)23-10-6-4-7-11-23/h4-13,19,22,26H,14-18,20-21H2,1-3H3,(H,29,34). The summed E-state index contributed by atoms with van der Waals surface area (Å²) in [6.07, 6.45) is 2.11. The first-order chi connectivity index (χ1) is 17.0. The van der Waals surface area contributed by atoms with E-state index in [1.54, 1.807) is 0 Å². The number of morpholine rings is 1. The molecule has 7 nitrogen and oxygen atoms in total. The zero-order valence-corrected chi connectivity index (χ0v) is 21.1. The maximum absolute atomic E-state index is 12.7. The van der Waals surface area contributed by atoms with E-state index < -0.39 is 0 Å². The third kappa shape index (κ3) is 7.24. The zero-order chi connectivity index (χ0) is 24.6. The molecule has 4 rings (SSSR count). The highest BCUT2D eigenvalue weighted by Gasteiger charge is 2.22. The number of amides is 1. The van der Waals surface area contributed by atoms with Crippen molar-refractivity contribution in [3.05, 3.63) is 72.4 Å². The molecule has 1 amide bonds. The first-order valence-corrected chi connectivity index (χ1v) is 12.5. The van der Waals surface area contributed by atoms with Crippen LogP contribution in [0.4, 0.5) is 0 Å². The number of ether oxygens (including phenoxy) is 1. The highest BCUT2D eigenvalue weighted by molar-refractivity contribution is 5.78. The largest absolute Gasteiger partial charge is 0.374 e. The summed E-state index contributed by atoms with van der Waals surface area (Å²) in [7, 11) is 1.97. The Morgan fingerprint density at radius 2 is 1.86 bits per heavy atom. The highest BCUT2D eigenvalue weighted by Crippen LogP contribution is 2.24. The van der Waals surface area contributed by atoms with Crippen LogP contribution in [0.2, 0.25) is 0 Å². The molecule has 1 saturated heterocycles. The predicted octanol–water partition coefficient (Wildman–Crippen LogP) is 3.44. The van der Waals surface area contributed by atoms with Crippen LogP contribution >= 0.6 is 0 Å². The number of nitrogens with zero attached hydrogens (tertiary/aromatic N) is 4. The molecule has 1 aromatic heterocycles. The van der Waals surface area contributed by atoms with Gasteiger partial charge in [-0.2, -0.15) is 5.10 Å². The average molecular weight is 476 g/mol. The van der Waals surface area contributed by atoms with Gasteiger partial charge in [0.05, 0.1) is 30.6 Å². The van der Waals surface area contributed by atoms with Crippen molar-refractivity contribution in [3.8, 4) is 16.9 Å². The molecule has 1 atom stereocenters. The maximum atomic E-state index is 12.7. The van der Waals surface area contributed by atoms with Gasteiger partial charge in [-0.25, -0.2) is 4.68 Å². The lowest BCUT2D eigenvalue weighted by molar-refractivity contribution is -0.123. The minimum Gasteiger partial charge on any atom is -0.374 e. The quantitative estimate of drug-likeness (QED) is 0.487. The smallest absolute Gasteiger partial charge is 0.234 e. The number of carbonyl (C=O) groups is 1. The van der Waals surface area contributed by atoms with Crippen LogP contribution < -0.4 is 5.32 Å². The van der Waals surface area contributed by atoms with Gasteiger partial charge < -0.3 is 10.1 Å². The Hall–Kier alpha value is -3.00. The number of rotatable bonds is 10. The molecule has 0 radical (unpaired) electrons. The van der Waals surface area contributed by atoms with Gasteiger partial charge in [0.1, 0.15) is 0 Å². The van der Waals surface area contributed by atoms with Crippen molar-refractivity contribution in [1.82, 2.24) is 24.9 Å². The number of carbonyl (C=O) groups excluding carboxylic acids is 1. The Labute approximate surface area is 208 Å². The molecule has 0 saturated carbocycles. The van der Waals surface area contributed by atoms with E-state index in [-0.39, 0.29) is 12.0 Å². The molecule has 7 heteroatoms. The average Bonchev–Trinajstić information content (AvgIpc) is 3.27. The van der Waals surface area contributed by atoms with Gasteiger partial charge in [0.25, 0.3) is 0 Å². The molecule has 0 bridgehead atoms. The predicted molar refractivity (Wildman–Crippen MR) is 139 cm³/mol. The van der Waals surface area contributed by atoms with E-state index in [1.807, 2.05) is 65.2 Å². The molecule has 1 fully saturated rings. The summed E-state index contributed by atoms with van der Waals surface area (Å²) >= 11 is 0. The van der Waals surface area contributed by atoms with Crippen molar-refractivity contribution in [2.24, 2.45) is 5.92 Å². The third-order valence-electron chi connectivity index (χ3n) is 6.08. The second-order valence-corrected chi connectivity index (χ2v) is 9.77. The van der Waals surface area contributed by atoms with Gasteiger partial charge in [0.15, 0.2) is 0 Å². The number of hydrogen-bond acceptors (Lipinski definition) is 5. The Bertz CT molecular complexity index is 1070. The summed E-state index contributed by atoms with van der Waals surface area (Å²) in [5, 5.41) is 7.94. The molecule has 1 aliphatic heterocycles. The monoisotopic (exact) mass is 475 g/mol. The second-order valence-electron chi connectivity index (χ2n) is 9.77. The fraction of sp³-hybridized carbons (Fsp3) is 0.429. The molecule has 0 aliphatic carbocycles. The molecule has 3 aromatic rings. The van der Waals surface area contributed by atoms with E-state index in [2.05, 4.69) is 42.4 Å². The van der Waals surface area contributed by atoms with Gasteiger partial charge in [-0.15, -0.1) is 0 Å². The first kappa shape index (κ1) is 25.1. The maximum Gasteiger partial charge on any atom is 0.234 e. The Morgan fingerprint density at radius 3 is 2.57 bits per heavy atom. The van der Waals surface area contributed by atoms with Crippen LogP contribution in [0.25, 0.3) is 16.9 Å². The number of para-hydroxylation sites is 1. The van der Waals surface area contributed by atoms with E-state index >= 15 is 0 Å². The lowest BCUT2D eigenvalue weighted by Gasteiger charge is -2.34. The molecular formula is C28H37N5O2. The van der Waals surface area contributed by atoms with Gasteiger partial charge in [-0.3, -0.25) is 14.6 Å². The topological polar surface area (TPSA) is 62.6 Å². The Kier molecular flexibility index (Phi) is 8.69. The molecule has 35 heavy (non-hydrogen) atoms. The number of aromatic nitrogens is 2. The molecule has 1 aliphatic rings. The molecule has 186 valence electrons. The first-order valence-electron chi connectivity index (χ1n) is 12.5. The fourth-order valence-electron chi connectivity index (χ4n) is 4.54. The number of benzene rings is 2. The van der Waals surface area contributed by atoms with E-state index in [0.29, 0.717) is 25.6 Å². The minimum absolute atomic E-state index is 0.00814. The highest BCUT2D eigenvalue weighted by atomic mass is 16.5. The van der Waals surface area contributed by atoms with Crippen LogP contribution in [0.1, 0.15) is 19.4 Å². The third-order valence-corrected chi connectivity index (χ3v) is 6.08. The second kappa shape index (κ2) is 12.1. The van der Waals surface area contributed by atoms with Crippen LogP contribution in [0.3, 0.4) is 0 Å². The number of nitrogens with one attached hydrogen (secondary N) is 1.